The second kappa shape index (κ2) is 10.00. The van der Waals surface area contributed by atoms with Gasteiger partial charge in [0.25, 0.3) is 5.91 Å². The number of aromatic hydroxyl groups is 1. The molecule has 0 unspecified atom stereocenters. The van der Waals surface area contributed by atoms with Crippen LogP contribution in [0.2, 0.25) is 0 Å². The van der Waals surface area contributed by atoms with Gasteiger partial charge in [0.1, 0.15) is 23.2 Å². The lowest BCUT2D eigenvalue weighted by Gasteiger charge is -2.26. The third-order valence-corrected chi connectivity index (χ3v) is 4.99. The molecule has 34 heavy (non-hydrogen) atoms. The second-order valence-electron chi connectivity index (χ2n) is 8.86. The second-order valence-corrected chi connectivity index (χ2v) is 9.08. The SMILES string of the molecule is Cc1ccc([C@H](N=C(N)C(=Nc2ccc(C(F)(F)F)c(C(=O)N(C)C)c2O)NS)C(C)(C)C)o1. The molecule has 0 spiro atoms. The first kappa shape index (κ1) is 27.1. The van der Waals surface area contributed by atoms with Gasteiger partial charge in [0.15, 0.2) is 17.4 Å². The number of phenols is 1. The van der Waals surface area contributed by atoms with Crippen LogP contribution < -0.4 is 10.5 Å². The first-order valence-electron chi connectivity index (χ1n) is 10.1. The zero-order valence-corrected chi connectivity index (χ0v) is 20.5. The van der Waals surface area contributed by atoms with Crippen LogP contribution in [0.3, 0.4) is 0 Å². The maximum Gasteiger partial charge on any atom is 0.417 e. The van der Waals surface area contributed by atoms with Gasteiger partial charge in [-0.15, -0.1) is 0 Å². The van der Waals surface area contributed by atoms with Gasteiger partial charge in [-0.3, -0.25) is 9.79 Å². The summed E-state index contributed by atoms with van der Waals surface area (Å²) < 4.78 is 48.5. The van der Waals surface area contributed by atoms with Crippen molar-refractivity contribution in [1.82, 2.24) is 9.62 Å². The maximum atomic E-state index is 13.5. The number of rotatable bonds is 4. The number of carbonyl (C=O) groups excluding carboxylic acids is 1. The van der Waals surface area contributed by atoms with Gasteiger partial charge in [0.2, 0.25) is 0 Å². The van der Waals surface area contributed by atoms with Crippen LogP contribution >= 0.6 is 12.8 Å². The third kappa shape index (κ3) is 6.04. The molecule has 8 nitrogen and oxygen atoms in total. The van der Waals surface area contributed by atoms with E-state index < -0.39 is 40.4 Å². The molecule has 2 aromatic rings. The third-order valence-electron chi connectivity index (χ3n) is 4.78. The van der Waals surface area contributed by atoms with Crippen molar-refractivity contribution in [3.63, 3.8) is 0 Å². The Morgan fingerprint density at radius 1 is 1.21 bits per heavy atom. The highest BCUT2D eigenvalue weighted by Crippen LogP contribution is 2.41. The summed E-state index contributed by atoms with van der Waals surface area (Å²) in [6, 6.07) is 4.63. The molecule has 12 heteroatoms. The van der Waals surface area contributed by atoms with Crippen LogP contribution in [0.4, 0.5) is 18.9 Å². The lowest BCUT2D eigenvalue weighted by atomic mass is 9.85. The number of hydrogen-bond acceptors (Lipinski definition) is 6. The molecule has 1 atom stereocenters. The number of furan rings is 1. The molecular weight excluding hydrogens is 471 g/mol. The van der Waals surface area contributed by atoms with Crippen LogP contribution in [-0.4, -0.2) is 41.7 Å². The molecule has 0 bridgehead atoms. The largest absolute Gasteiger partial charge is 0.505 e. The number of nitrogens with zero attached hydrogens (tertiary/aromatic N) is 3. The molecule has 0 saturated heterocycles. The van der Waals surface area contributed by atoms with E-state index in [9.17, 15) is 23.1 Å². The van der Waals surface area contributed by atoms with E-state index in [1.807, 2.05) is 20.8 Å². The van der Waals surface area contributed by atoms with Gasteiger partial charge in [0, 0.05) is 14.1 Å². The monoisotopic (exact) mass is 499 g/mol. The molecule has 1 aromatic carbocycles. The predicted molar refractivity (Wildman–Crippen MR) is 128 cm³/mol. The average Bonchev–Trinajstić information content (AvgIpc) is 3.14. The Bertz CT molecular complexity index is 1120. The van der Waals surface area contributed by atoms with Crippen molar-refractivity contribution in [3.05, 3.63) is 46.9 Å². The smallest absolute Gasteiger partial charge is 0.417 e. The fraction of sp³-hybridized carbons (Fsp3) is 0.409. The molecule has 0 aliphatic rings. The topological polar surface area (TPSA) is 116 Å². The molecule has 1 aromatic heterocycles. The fourth-order valence-electron chi connectivity index (χ4n) is 3.09. The Hall–Kier alpha value is -3.15. The molecule has 1 amide bonds. The van der Waals surface area contributed by atoms with E-state index in [4.69, 9.17) is 10.2 Å². The number of aliphatic imine (C=N–C) groups is 2. The van der Waals surface area contributed by atoms with Gasteiger partial charge < -0.3 is 24.9 Å². The molecule has 2 rings (SSSR count). The highest BCUT2D eigenvalue weighted by molar-refractivity contribution is 7.78. The maximum absolute atomic E-state index is 13.5. The van der Waals surface area contributed by atoms with Crippen molar-refractivity contribution < 1.29 is 27.5 Å². The molecule has 0 fully saturated rings. The number of halogens is 3. The highest BCUT2D eigenvalue weighted by Gasteiger charge is 2.38. The van der Waals surface area contributed by atoms with Gasteiger partial charge >= 0.3 is 6.18 Å². The van der Waals surface area contributed by atoms with Crippen LogP contribution in [0.15, 0.2) is 38.7 Å². The number of alkyl halides is 3. The summed E-state index contributed by atoms with van der Waals surface area (Å²) in [6.07, 6.45) is -4.87. The van der Waals surface area contributed by atoms with Crippen LogP contribution in [-0.2, 0) is 6.18 Å². The van der Waals surface area contributed by atoms with Gasteiger partial charge in [0.05, 0.1) is 11.1 Å². The summed E-state index contributed by atoms with van der Waals surface area (Å²) in [6.45, 7) is 7.58. The van der Waals surface area contributed by atoms with E-state index in [0.717, 1.165) is 11.0 Å². The van der Waals surface area contributed by atoms with Crippen molar-refractivity contribution in [2.75, 3.05) is 14.1 Å². The molecule has 186 valence electrons. The van der Waals surface area contributed by atoms with Crippen LogP contribution in [0, 0.1) is 12.3 Å². The number of amides is 1. The number of carbonyl (C=O) groups is 1. The number of nitrogens with two attached hydrogens (primary N) is 1. The van der Waals surface area contributed by atoms with Crippen LogP contribution in [0.5, 0.6) is 5.75 Å². The number of hydrogen-bond donors (Lipinski definition) is 4. The van der Waals surface area contributed by atoms with Crippen molar-refractivity contribution in [2.45, 2.75) is 39.9 Å². The van der Waals surface area contributed by atoms with Gasteiger partial charge in [-0.1, -0.05) is 33.6 Å². The van der Waals surface area contributed by atoms with Gasteiger partial charge in [-0.2, -0.15) is 13.2 Å². The molecule has 0 radical (unpaired) electrons. The number of amidine groups is 2. The molecule has 0 aliphatic carbocycles. The summed E-state index contributed by atoms with van der Waals surface area (Å²) >= 11 is 3.97. The summed E-state index contributed by atoms with van der Waals surface area (Å²) in [7, 11) is 2.54. The first-order chi connectivity index (χ1) is 15.6. The van der Waals surface area contributed by atoms with Gasteiger partial charge in [-0.05, 0) is 36.6 Å². The summed E-state index contributed by atoms with van der Waals surface area (Å²) in [5.41, 5.74) is 3.19. The number of nitrogens with one attached hydrogen (secondary N) is 1. The molecule has 0 aliphatic heterocycles. The van der Waals surface area contributed by atoms with E-state index in [1.165, 1.54) is 14.1 Å². The minimum atomic E-state index is -4.87. The van der Waals surface area contributed by atoms with Crippen molar-refractivity contribution in [1.29, 1.82) is 0 Å². The first-order valence-corrected chi connectivity index (χ1v) is 10.6. The Morgan fingerprint density at radius 2 is 1.82 bits per heavy atom. The Morgan fingerprint density at radius 3 is 2.26 bits per heavy atom. The van der Waals surface area contributed by atoms with Crippen LogP contribution in [0.25, 0.3) is 0 Å². The minimum Gasteiger partial charge on any atom is -0.505 e. The standard InChI is InChI=1S/C22H28F3N5O3S/c1-11-7-10-14(33-11)17(21(2,3)4)28-18(26)19(29-34)27-13-9-8-12(22(23,24)25)15(16(13)31)20(32)30(5)6/h7-10,17,31,34H,1-6H3,(H2,26,28)(H,27,29)/t17-/m0/s1. The van der Waals surface area contributed by atoms with Crippen molar-refractivity contribution in [2.24, 2.45) is 21.1 Å². The lowest BCUT2D eigenvalue weighted by Crippen LogP contribution is -2.33. The normalized spacial score (nSPS) is 14.2. The molecular formula is C22H28F3N5O3S. The van der Waals surface area contributed by atoms with E-state index in [-0.39, 0.29) is 17.4 Å². The Labute approximate surface area is 201 Å². The van der Waals surface area contributed by atoms with Crippen LogP contribution in [0.1, 0.15) is 54.3 Å². The quantitative estimate of drug-likeness (QED) is 0.278. The average molecular weight is 500 g/mol. The summed E-state index contributed by atoms with van der Waals surface area (Å²) in [4.78, 5) is 21.9. The van der Waals surface area contributed by atoms with E-state index in [1.54, 1.807) is 19.1 Å². The Balaban J connectivity index is 2.63. The number of thiol groups is 1. The molecule has 4 N–H and O–H groups in total. The van der Waals surface area contributed by atoms with E-state index in [0.29, 0.717) is 17.6 Å². The van der Waals surface area contributed by atoms with E-state index in [2.05, 4.69) is 27.5 Å². The summed E-state index contributed by atoms with van der Waals surface area (Å²) in [5, 5.41) is 10.6. The zero-order valence-electron chi connectivity index (χ0n) is 19.7. The fourth-order valence-corrected chi connectivity index (χ4v) is 3.26. The van der Waals surface area contributed by atoms with Gasteiger partial charge in [-0.25, -0.2) is 4.99 Å². The minimum absolute atomic E-state index is 0.135. The summed E-state index contributed by atoms with van der Waals surface area (Å²) in [5.74, 6) is -1.01. The van der Waals surface area contributed by atoms with Crippen molar-refractivity contribution >= 4 is 36.1 Å². The number of phenolic OH excluding ortho intramolecular Hbond substituents is 1. The zero-order chi connectivity index (χ0) is 26.0. The van der Waals surface area contributed by atoms with Crippen molar-refractivity contribution in [3.8, 4) is 5.75 Å². The Kier molecular flexibility index (Phi) is 7.97. The molecule has 1 heterocycles. The lowest BCUT2D eigenvalue weighted by molar-refractivity contribution is -0.138. The number of benzene rings is 1. The molecule has 0 saturated carbocycles. The highest BCUT2D eigenvalue weighted by atomic mass is 32.1. The number of aryl methyl sites for hydroxylation is 1. The predicted octanol–water partition coefficient (Wildman–Crippen LogP) is 4.62. The van der Waals surface area contributed by atoms with E-state index >= 15 is 0 Å².